The molecule has 0 radical (unpaired) electrons. The zero-order valence-electron chi connectivity index (χ0n) is 11.8. The van der Waals surface area contributed by atoms with Crippen LogP contribution in [0.25, 0.3) is 10.8 Å². The highest BCUT2D eigenvalue weighted by molar-refractivity contribution is 6.07. The zero-order valence-corrected chi connectivity index (χ0v) is 11.8. The van der Waals surface area contributed by atoms with E-state index in [1.54, 1.807) is 29.2 Å². The highest BCUT2D eigenvalue weighted by Crippen LogP contribution is 2.25. The van der Waals surface area contributed by atoms with Gasteiger partial charge in [-0.2, -0.15) is 0 Å². The lowest BCUT2D eigenvalue weighted by Crippen LogP contribution is -2.39. The molecule has 2 aromatic rings. The predicted molar refractivity (Wildman–Crippen MR) is 79.6 cm³/mol. The lowest BCUT2D eigenvalue weighted by atomic mass is 9.96. The summed E-state index contributed by atoms with van der Waals surface area (Å²) >= 11 is 0. The van der Waals surface area contributed by atoms with Gasteiger partial charge in [-0.1, -0.05) is 24.3 Å². The fourth-order valence-electron chi connectivity index (χ4n) is 2.94. The van der Waals surface area contributed by atoms with Crippen LogP contribution in [0.3, 0.4) is 0 Å². The number of aliphatic hydroxyl groups is 1. The van der Waals surface area contributed by atoms with Crippen molar-refractivity contribution in [3.05, 3.63) is 47.8 Å². The van der Waals surface area contributed by atoms with Crippen LogP contribution in [-0.2, 0) is 0 Å². The number of hydrogen-bond acceptors (Lipinski definition) is 2. The Labute approximate surface area is 123 Å². The molecule has 1 amide bonds. The van der Waals surface area contributed by atoms with E-state index in [9.17, 15) is 9.18 Å². The Morgan fingerprint density at radius 1 is 1.14 bits per heavy atom. The Morgan fingerprint density at radius 2 is 1.81 bits per heavy atom. The molecule has 110 valence electrons. The second kappa shape index (κ2) is 5.82. The quantitative estimate of drug-likeness (QED) is 0.922. The number of rotatable bonds is 2. The molecular formula is C17H18FNO2. The van der Waals surface area contributed by atoms with Gasteiger partial charge in [0.05, 0.1) is 0 Å². The minimum Gasteiger partial charge on any atom is -0.396 e. The summed E-state index contributed by atoms with van der Waals surface area (Å²) in [5.74, 6) is -0.0669. The van der Waals surface area contributed by atoms with E-state index in [1.165, 1.54) is 6.07 Å². The molecular weight excluding hydrogens is 269 g/mol. The molecule has 3 nitrogen and oxygen atoms in total. The second-order valence-electron chi connectivity index (χ2n) is 5.56. The molecule has 1 N–H and O–H groups in total. The van der Waals surface area contributed by atoms with Gasteiger partial charge in [0, 0.05) is 30.6 Å². The van der Waals surface area contributed by atoms with Gasteiger partial charge in [0.15, 0.2) is 0 Å². The van der Waals surface area contributed by atoms with E-state index in [-0.39, 0.29) is 18.3 Å². The fraction of sp³-hybridized carbons (Fsp3) is 0.353. The summed E-state index contributed by atoms with van der Waals surface area (Å²) in [6, 6.07) is 9.99. The Kier molecular flexibility index (Phi) is 3.88. The molecule has 1 aliphatic rings. The Bertz CT molecular complexity index is 663. The number of carbonyl (C=O) groups is 1. The van der Waals surface area contributed by atoms with Gasteiger partial charge >= 0.3 is 0 Å². The molecule has 3 rings (SSSR count). The van der Waals surface area contributed by atoms with Crippen LogP contribution in [0.15, 0.2) is 36.4 Å². The number of aliphatic hydroxyl groups excluding tert-OH is 1. The molecule has 4 heteroatoms. The molecule has 0 unspecified atom stereocenters. The van der Waals surface area contributed by atoms with Crippen LogP contribution in [-0.4, -0.2) is 35.6 Å². The maximum absolute atomic E-state index is 13.8. The second-order valence-corrected chi connectivity index (χ2v) is 5.56. The summed E-state index contributed by atoms with van der Waals surface area (Å²) in [6.45, 7) is 1.48. The third-order valence-electron chi connectivity index (χ3n) is 4.26. The van der Waals surface area contributed by atoms with Gasteiger partial charge < -0.3 is 10.0 Å². The van der Waals surface area contributed by atoms with Crippen LogP contribution in [0, 0.1) is 11.7 Å². The third kappa shape index (κ3) is 2.63. The van der Waals surface area contributed by atoms with E-state index in [0.29, 0.717) is 35.3 Å². The number of piperidine rings is 1. The zero-order chi connectivity index (χ0) is 14.8. The average Bonchev–Trinajstić information content (AvgIpc) is 2.55. The maximum atomic E-state index is 13.8. The number of halogens is 1. The molecule has 2 aromatic carbocycles. The van der Waals surface area contributed by atoms with Gasteiger partial charge in [-0.05, 0) is 36.3 Å². The van der Waals surface area contributed by atoms with Crippen LogP contribution >= 0.6 is 0 Å². The molecule has 21 heavy (non-hydrogen) atoms. The van der Waals surface area contributed by atoms with Crippen molar-refractivity contribution in [1.82, 2.24) is 4.90 Å². The highest BCUT2D eigenvalue weighted by atomic mass is 19.1. The van der Waals surface area contributed by atoms with E-state index < -0.39 is 0 Å². The lowest BCUT2D eigenvalue weighted by molar-refractivity contribution is 0.0653. The van der Waals surface area contributed by atoms with Crippen molar-refractivity contribution >= 4 is 16.7 Å². The predicted octanol–water partition coefficient (Wildman–Crippen LogP) is 2.82. The Hall–Kier alpha value is -1.94. The van der Waals surface area contributed by atoms with E-state index in [4.69, 9.17) is 5.11 Å². The van der Waals surface area contributed by atoms with Gasteiger partial charge in [0.1, 0.15) is 5.82 Å². The summed E-state index contributed by atoms with van der Waals surface area (Å²) in [4.78, 5) is 14.5. The summed E-state index contributed by atoms with van der Waals surface area (Å²) in [6.07, 6.45) is 1.64. The van der Waals surface area contributed by atoms with E-state index in [2.05, 4.69) is 0 Å². The molecule has 1 aliphatic heterocycles. The SMILES string of the molecule is O=C(c1ccc(F)c2ccccc12)N1CCC(CO)CC1. The number of amides is 1. The van der Waals surface area contributed by atoms with E-state index >= 15 is 0 Å². The molecule has 1 fully saturated rings. The number of benzene rings is 2. The molecule has 0 saturated carbocycles. The van der Waals surface area contributed by atoms with Crippen LogP contribution < -0.4 is 0 Å². The number of carbonyl (C=O) groups excluding carboxylic acids is 1. The van der Waals surface area contributed by atoms with Gasteiger partial charge in [0.2, 0.25) is 0 Å². The first-order valence-corrected chi connectivity index (χ1v) is 7.28. The first-order valence-electron chi connectivity index (χ1n) is 7.28. The fourth-order valence-corrected chi connectivity index (χ4v) is 2.94. The van der Waals surface area contributed by atoms with Gasteiger partial charge in [-0.3, -0.25) is 4.79 Å². The maximum Gasteiger partial charge on any atom is 0.254 e. The van der Waals surface area contributed by atoms with Crippen LogP contribution in [0.1, 0.15) is 23.2 Å². The molecule has 0 aromatic heterocycles. The van der Waals surface area contributed by atoms with Crippen LogP contribution in [0.4, 0.5) is 4.39 Å². The van der Waals surface area contributed by atoms with Crippen molar-refractivity contribution < 1.29 is 14.3 Å². The number of fused-ring (bicyclic) bond motifs is 1. The van der Waals surface area contributed by atoms with Crippen LogP contribution in [0.5, 0.6) is 0 Å². The minimum atomic E-state index is -0.305. The normalized spacial score (nSPS) is 16.4. The summed E-state index contributed by atoms with van der Waals surface area (Å²) < 4.78 is 13.8. The number of likely N-dealkylation sites (tertiary alicyclic amines) is 1. The molecule has 0 bridgehead atoms. The Morgan fingerprint density at radius 3 is 2.48 bits per heavy atom. The smallest absolute Gasteiger partial charge is 0.254 e. The summed E-state index contributed by atoms with van der Waals surface area (Å²) in [5.41, 5.74) is 0.550. The standard InChI is InChI=1S/C17H18FNO2/c18-16-6-5-15(13-3-1-2-4-14(13)16)17(21)19-9-7-12(11-20)8-10-19/h1-6,12,20H,7-11H2. The van der Waals surface area contributed by atoms with Crippen molar-refractivity contribution in [3.63, 3.8) is 0 Å². The lowest BCUT2D eigenvalue weighted by Gasteiger charge is -2.31. The summed E-state index contributed by atoms with van der Waals surface area (Å²) in [7, 11) is 0. The van der Waals surface area contributed by atoms with Crippen molar-refractivity contribution in [2.45, 2.75) is 12.8 Å². The molecule has 1 saturated heterocycles. The third-order valence-corrected chi connectivity index (χ3v) is 4.26. The minimum absolute atomic E-state index is 0.0532. The monoisotopic (exact) mass is 287 g/mol. The summed E-state index contributed by atoms with van der Waals surface area (Å²) in [5, 5.41) is 10.3. The van der Waals surface area contributed by atoms with Gasteiger partial charge in [-0.15, -0.1) is 0 Å². The first-order chi connectivity index (χ1) is 10.2. The number of nitrogens with zero attached hydrogens (tertiary/aromatic N) is 1. The Balaban J connectivity index is 1.90. The molecule has 0 atom stereocenters. The van der Waals surface area contributed by atoms with Gasteiger partial charge in [0.25, 0.3) is 5.91 Å². The molecule has 0 aliphatic carbocycles. The number of hydrogen-bond donors (Lipinski definition) is 1. The topological polar surface area (TPSA) is 40.5 Å². The molecule has 1 heterocycles. The molecule has 0 spiro atoms. The first kappa shape index (κ1) is 14.0. The van der Waals surface area contributed by atoms with Crippen molar-refractivity contribution in [3.8, 4) is 0 Å². The van der Waals surface area contributed by atoms with Crippen molar-refractivity contribution in [1.29, 1.82) is 0 Å². The highest BCUT2D eigenvalue weighted by Gasteiger charge is 2.24. The van der Waals surface area contributed by atoms with Gasteiger partial charge in [-0.25, -0.2) is 4.39 Å². The van der Waals surface area contributed by atoms with Crippen molar-refractivity contribution in [2.24, 2.45) is 5.92 Å². The van der Waals surface area contributed by atoms with E-state index in [1.807, 2.05) is 6.07 Å². The van der Waals surface area contributed by atoms with Crippen molar-refractivity contribution in [2.75, 3.05) is 19.7 Å². The van der Waals surface area contributed by atoms with E-state index in [0.717, 1.165) is 12.8 Å². The average molecular weight is 287 g/mol. The van der Waals surface area contributed by atoms with Crippen LogP contribution in [0.2, 0.25) is 0 Å². The largest absolute Gasteiger partial charge is 0.396 e.